The number of anilines is 1. The van der Waals surface area contributed by atoms with Gasteiger partial charge in [0, 0.05) is 21.0 Å². The molecule has 18 heavy (non-hydrogen) atoms. The maximum absolute atomic E-state index is 9.94. The first-order chi connectivity index (χ1) is 8.49. The first-order valence-corrected chi connectivity index (χ1v) is 6.92. The number of rotatable bonds is 3. The molecule has 0 aliphatic heterocycles. The first-order valence-electron chi connectivity index (χ1n) is 6.11. The largest absolute Gasteiger partial charge is 0.507 e. The summed E-state index contributed by atoms with van der Waals surface area (Å²) in [5.74, 6) is 0.384. The zero-order chi connectivity index (χ0) is 13.3. The van der Waals surface area contributed by atoms with E-state index in [1.807, 2.05) is 26.0 Å². The van der Waals surface area contributed by atoms with E-state index in [1.54, 1.807) is 11.3 Å². The molecule has 1 heterocycles. The van der Waals surface area contributed by atoms with Crippen molar-refractivity contribution in [2.24, 2.45) is 0 Å². The summed E-state index contributed by atoms with van der Waals surface area (Å²) in [6.45, 7) is 8.11. The van der Waals surface area contributed by atoms with E-state index in [-0.39, 0.29) is 6.04 Å². The van der Waals surface area contributed by atoms with Gasteiger partial charge < -0.3 is 10.4 Å². The zero-order valence-electron chi connectivity index (χ0n) is 11.2. The van der Waals surface area contributed by atoms with Gasteiger partial charge in [-0.3, -0.25) is 0 Å². The van der Waals surface area contributed by atoms with E-state index in [2.05, 4.69) is 31.3 Å². The minimum Gasteiger partial charge on any atom is -0.507 e. The van der Waals surface area contributed by atoms with Crippen molar-refractivity contribution in [2.45, 2.75) is 33.7 Å². The molecule has 0 bridgehead atoms. The fourth-order valence-electron chi connectivity index (χ4n) is 1.98. The van der Waals surface area contributed by atoms with Crippen molar-refractivity contribution in [1.29, 1.82) is 0 Å². The molecule has 1 aromatic heterocycles. The Bertz CT molecular complexity index is 560. The van der Waals surface area contributed by atoms with Gasteiger partial charge in [-0.15, -0.1) is 11.3 Å². The molecule has 0 aliphatic rings. The summed E-state index contributed by atoms with van der Waals surface area (Å²) in [5, 5.41) is 13.4. The second-order valence-corrected chi connectivity index (χ2v) is 6.04. The third kappa shape index (κ3) is 2.51. The van der Waals surface area contributed by atoms with Gasteiger partial charge in [0.25, 0.3) is 0 Å². The van der Waals surface area contributed by atoms with Crippen molar-refractivity contribution in [3.63, 3.8) is 0 Å². The van der Waals surface area contributed by atoms with Crippen LogP contribution in [0.4, 0.5) is 5.69 Å². The molecule has 1 unspecified atom stereocenters. The number of aryl methyl sites for hydroxylation is 2. The number of hydrogen-bond acceptors (Lipinski definition) is 3. The lowest BCUT2D eigenvalue weighted by Gasteiger charge is -2.17. The van der Waals surface area contributed by atoms with Crippen LogP contribution in [0.1, 0.15) is 33.8 Å². The van der Waals surface area contributed by atoms with Crippen molar-refractivity contribution in [3.05, 3.63) is 45.1 Å². The molecule has 2 rings (SSSR count). The summed E-state index contributed by atoms with van der Waals surface area (Å²) >= 11 is 1.80. The van der Waals surface area contributed by atoms with Crippen molar-refractivity contribution < 1.29 is 5.11 Å². The monoisotopic (exact) mass is 261 g/mol. The lowest BCUT2D eigenvalue weighted by molar-refractivity contribution is 0.467. The molecular formula is C15H19NOS. The van der Waals surface area contributed by atoms with Crippen LogP contribution >= 0.6 is 11.3 Å². The molecule has 1 aromatic carbocycles. The molecule has 0 amide bonds. The van der Waals surface area contributed by atoms with Crippen LogP contribution in [-0.2, 0) is 0 Å². The van der Waals surface area contributed by atoms with Crippen LogP contribution in [0.25, 0.3) is 0 Å². The number of thiophene rings is 1. The van der Waals surface area contributed by atoms with Crippen LogP contribution in [0.2, 0.25) is 0 Å². The van der Waals surface area contributed by atoms with E-state index < -0.39 is 0 Å². The Kier molecular flexibility index (Phi) is 3.62. The molecule has 0 fully saturated rings. The van der Waals surface area contributed by atoms with E-state index in [0.717, 1.165) is 16.8 Å². The molecule has 96 valence electrons. The highest BCUT2D eigenvalue weighted by Gasteiger charge is 2.11. The van der Waals surface area contributed by atoms with Gasteiger partial charge in [0.1, 0.15) is 5.75 Å². The fraction of sp³-hybridized carbons (Fsp3) is 0.333. The van der Waals surface area contributed by atoms with E-state index in [4.69, 9.17) is 0 Å². The Labute approximate surface area is 112 Å². The first kappa shape index (κ1) is 13.0. The number of benzene rings is 1. The smallest absolute Gasteiger partial charge is 0.123 e. The third-order valence-corrected chi connectivity index (χ3v) is 4.38. The van der Waals surface area contributed by atoms with Crippen LogP contribution in [0.3, 0.4) is 0 Å². The maximum Gasteiger partial charge on any atom is 0.123 e. The van der Waals surface area contributed by atoms with Crippen molar-refractivity contribution in [3.8, 4) is 5.75 Å². The SMILES string of the molecule is Cc1ccc(C(C)Nc2ccc(C)c(O)c2C)s1. The van der Waals surface area contributed by atoms with Crippen LogP contribution in [0, 0.1) is 20.8 Å². The van der Waals surface area contributed by atoms with Crippen molar-refractivity contribution in [1.82, 2.24) is 0 Å². The normalized spacial score (nSPS) is 12.4. The number of phenolic OH excluding ortho intramolecular Hbond substituents is 1. The number of phenols is 1. The Morgan fingerprint density at radius 1 is 1.11 bits per heavy atom. The summed E-state index contributed by atoms with van der Waals surface area (Å²) in [6.07, 6.45) is 0. The quantitative estimate of drug-likeness (QED) is 0.849. The van der Waals surface area contributed by atoms with Crippen molar-refractivity contribution in [2.75, 3.05) is 5.32 Å². The van der Waals surface area contributed by atoms with E-state index in [1.165, 1.54) is 9.75 Å². The van der Waals surface area contributed by atoms with Crippen LogP contribution in [0.5, 0.6) is 5.75 Å². The van der Waals surface area contributed by atoms with Gasteiger partial charge in [0.15, 0.2) is 0 Å². The molecule has 0 saturated heterocycles. The molecule has 0 spiro atoms. The summed E-state index contributed by atoms with van der Waals surface area (Å²) in [6, 6.07) is 8.52. The lowest BCUT2D eigenvalue weighted by atomic mass is 10.1. The van der Waals surface area contributed by atoms with Crippen LogP contribution in [-0.4, -0.2) is 5.11 Å². The van der Waals surface area contributed by atoms with Crippen LogP contribution in [0.15, 0.2) is 24.3 Å². The Hall–Kier alpha value is -1.48. The average Bonchev–Trinajstić information content (AvgIpc) is 2.77. The standard InChI is InChI=1S/C15H19NOS/c1-9-5-7-13(11(3)15(9)17)16-12(4)14-8-6-10(2)18-14/h5-8,12,16-17H,1-4H3. The van der Waals surface area contributed by atoms with Gasteiger partial charge in [-0.25, -0.2) is 0 Å². The third-order valence-electron chi connectivity index (χ3n) is 3.19. The lowest BCUT2D eigenvalue weighted by Crippen LogP contribution is -2.06. The summed E-state index contributed by atoms with van der Waals surface area (Å²) in [5.41, 5.74) is 2.82. The van der Waals surface area contributed by atoms with Gasteiger partial charge in [-0.05, 0) is 51.5 Å². The van der Waals surface area contributed by atoms with E-state index in [9.17, 15) is 5.11 Å². The summed E-state index contributed by atoms with van der Waals surface area (Å²) in [7, 11) is 0. The molecular weight excluding hydrogens is 242 g/mol. The van der Waals surface area contributed by atoms with Gasteiger partial charge in [-0.2, -0.15) is 0 Å². The molecule has 0 aliphatic carbocycles. The van der Waals surface area contributed by atoms with Gasteiger partial charge in [0.2, 0.25) is 0 Å². The highest BCUT2D eigenvalue weighted by Crippen LogP contribution is 2.32. The summed E-state index contributed by atoms with van der Waals surface area (Å²) in [4.78, 5) is 2.63. The summed E-state index contributed by atoms with van der Waals surface area (Å²) < 4.78 is 0. The molecule has 2 aromatic rings. The molecule has 1 atom stereocenters. The molecule has 2 nitrogen and oxygen atoms in total. The van der Waals surface area contributed by atoms with Crippen LogP contribution < -0.4 is 5.32 Å². The molecule has 0 saturated carbocycles. The highest BCUT2D eigenvalue weighted by molar-refractivity contribution is 7.12. The predicted octanol–water partition coefficient (Wildman–Crippen LogP) is 4.55. The van der Waals surface area contributed by atoms with E-state index >= 15 is 0 Å². The Morgan fingerprint density at radius 2 is 1.83 bits per heavy atom. The molecule has 3 heteroatoms. The minimum absolute atomic E-state index is 0.254. The maximum atomic E-state index is 9.94. The number of aromatic hydroxyl groups is 1. The second-order valence-electron chi connectivity index (χ2n) is 4.72. The fourth-order valence-corrected chi connectivity index (χ4v) is 2.86. The van der Waals surface area contributed by atoms with Gasteiger partial charge >= 0.3 is 0 Å². The number of hydrogen-bond donors (Lipinski definition) is 2. The minimum atomic E-state index is 0.254. The topological polar surface area (TPSA) is 32.3 Å². The van der Waals surface area contributed by atoms with Gasteiger partial charge in [-0.1, -0.05) is 6.07 Å². The molecule has 0 radical (unpaired) electrons. The second kappa shape index (κ2) is 5.02. The highest BCUT2D eigenvalue weighted by atomic mass is 32.1. The van der Waals surface area contributed by atoms with Gasteiger partial charge in [0.05, 0.1) is 6.04 Å². The molecule has 2 N–H and O–H groups in total. The van der Waals surface area contributed by atoms with Crippen molar-refractivity contribution >= 4 is 17.0 Å². The zero-order valence-corrected chi connectivity index (χ0v) is 12.1. The number of nitrogens with one attached hydrogen (secondary N) is 1. The van der Waals surface area contributed by atoms with E-state index in [0.29, 0.717) is 5.75 Å². The Morgan fingerprint density at radius 3 is 2.44 bits per heavy atom. The average molecular weight is 261 g/mol. The Balaban J connectivity index is 2.22. The predicted molar refractivity (Wildman–Crippen MR) is 78.7 cm³/mol.